The van der Waals surface area contributed by atoms with Gasteiger partial charge in [-0.2, -0.15) is 0 Å². The first kappa shape index (κ1) is 25.3. The van der Waals surface area contributed by atoms with Crippen LogP contribution in [0.3, 0.4) is 0 Å². The normalized spacial score (nSPS) is 15.0. The Balaban J connectivity index is 1.87. The van der Waals surface area contributed by atoms with Gasteiger partial charge in [0.2, 0.25) is 0 Å². The van der Waals surface area contributed by atoms with E-state index >= 15 is 0 Å². The van der Waals surface area contributed by atoms with Crippen molar-refractivity contribution in [3.8, 4) is 0 Å². The first-order chi connectivity index (χ1) is 14.9. The third-order valence-electron chi connectivity index (χ3n) is 5.90. The number of carbonyl (C=O) groups excluding carboxylic acids is 2. The summed E-state index contributed by atoms with van der Waals surface area (Å²) in [5, 5.41) is 8.77. The number of nitrogens with zero attached hydrogens (tertiary/aromatic N) is 2. The van der Waals surface area contributed by atoms with E-state index in [1.54, 1.807) is 0 Å². The Morgan fingerprint density at radius 1 is 1.13 bits per heavy atom. The molecule has 0 saturated carbocycles. The lowest BCUT2D eigenvalue weighted by Crippen LogP contribution is -2.54. The van der Waals surface area contributed by atoms with Gasteiger partial charge in [0.25, 0.3) is 0 Å². The molecule has 174 valence electrons. The van der Waals surface area contributed by atoms with E-state index < -0.39 is 5.54 Å². The van der Waals surface area contributed by atoms with Gasteiger partial charge in [0.1, 0.15) is 6.61 Å². The maximum Gasteiger partial charge on any atom is 0.305 e. The molecule has 1 aromatic rings. The van der Waals surface area contributed by atoms with Gasteiger partial charge in [0.05, 0.1) is 25.3 Å². The number of ether oxygens (including phenoxy) is 2. The Kier molecular flexibility index (Phi) is 10.4. The van der Waals surface area contributed by atoms with Crippen LogP contribution in [0.1, 0.15) is 56.8 Å². The summed E-state index contributed by atoms with van der Waals surface area (Å²) in [5.41, 5.74) is 1.13. The Hall–Kier alpha value is -1.96. The summed E-state index contributed by atoms with van der Waals surface area (Å²) >= 11 is 0. The second-order valence-electron chi connectivity index (χ2n) is 8.37. The molecule has 1 heterocycles. The van der Waals surface area contributed by atoms with Crippen molar-refractivity contribution in [2.75, 3.05) is 57.5 Å². The van der Waals surface area contributed by atoms with Gasteiger partial charge in [-0.25, -0.2) is 0 Å². The number of rotatable bonds is 13. The zero-order valence-corrected chi connectivity index (χ0v) is 19.3. The van der Waals surface area contributed by atoms with Crippen molar-refractivity contribution in [2.45, 2.75) is 52.0 Å². The molecular formula is C24H38N2O5. The molecule has 2 rings (SSSR count). The van der Waals surface area contributed by atoms with E-state index in [-0.39, 0.29) is 18.4 Å². The number of ketones is 1. The molecule has 0 aliphatic carbocycles. The summed E-state index contributed by atoms with van der Waals surface area (Å²) in [6, 6.07) is 7.69. The fourth-order valence-electron chi connectivity index (χ4n) is 3.81. The van der Waals surface area contributed by atoms with Crippen molar-refractivity contribution < 1.29 is 24.2 Å². The number of benzene rings is 1. The summed E-state index contributed by atoms with van der Waals surface area (Å²) in [4.78, 5) is 29.2. The van der Waals surface area contributed by atoms with E-state index in [2.05, 4.69) is 16.7 Å². The summed E-state index contributed by atoms with van der Waals surface area (Å²) in [7, 11) is 0. The number of aliphatic hydroxyl groups is 1. The van der Waals surface area contributed by atoms with E-state index in [4.69, 9.17) is 14.6 Å². The van der Waals surface area contributed by atoms with Crippen molar-refractivity contribution >= 4 is 17.4 Å². The Labute approximate surface area is 186 Å². The number of esters is 1. The summed E-state index contributed by atoms with van der Waals surface area (Å²) in [6.45, 7) is 10.7. The number of carbonyl (C=O) groups is 2. The minimum atomic E-state index is -0.568. The summed E-state index contributed by atoms with van der Waals surface area (Å²) in [5.74, 6) is -0.0839. The highest BCUT2D eigenvalue weighted by atomic mass is 16.5. The molecule has 7 heteroatoms. The monoisotopic (exact) mass is 434 g/mol. The molecule has 1 aliphatic heterocycles. The van der Waals surface area contributed by atoms with Crippen LogP contribution < -0.4 is 4.90 Å². The number of Topliss-reactive ketones (excluding diaryl/α,β-unsaturated/α-hetero) is 1. The smallest absolute Gasteiger partial charge is 0.305 e. The van der Waals surface area contributed by atoms with Crippen molar-refractivity contribution in [3.05, 3.63) is 29.8 Å². The fourth-order valence-corrected chi connectivity index (χ4v) is 3.81. The number of unbranched alkanes of at least 4 members (excludes halogenated alkanes) is 2. The molecule has 0 radical (unpaired) electrons. The Morgan fingerprint density at radius 3 is 2.42 bits per heavy atom. The third kappa shape index (κ3) is 7.59. The Bertz CT molecular complexity index is 684. The standard InChI is InChI=1S/C24H38N2O5/c1-4-25(13-19-31-22(28)8-6-5-7-16-27)21-11-9-20(10-12-21)23(29)24(2,3)26-14-17-30-18-15-26/h9-12,27H,4-8,13-19H2,1-3H3. The van der Waals surface area contributed by atoms with Gasteiger partial charge in [-0.05, 0) is 57.9 Å². The third-order valence-corrected chi connectivity index (χ3v) is 5.90. The predicted molar refractivity (Wildman–Crippen MR) is 122 cm³/mol. The average Bonchev–Trinajstić information content (AvgIpc) is 2.80. The van der Waals surface area contributed by atoms with Gasteiger partial charge in [-0.1, -0.05) is 6.42 Å². The molecule has 1 N–H and O–H groups in total. The van der Waals surface area contributed by atoms with E-state index in [1.165, 1.54) is 0 Å². The summed E-state index contributed by atoms with van der Waals surface area (Å²) < 4.78 is 10.7. The molecule has 7 nitrogen and oxygen atoms in total. The lowest BCUT2D eigenvalue weighted by atomic mass is 9.90. The first-order valence-electron chi connectivity index (χ1n) is 11.4. The molecule has 0 bridgehead atoms. The molecule has 0 unspecified atom stereocenters. The molecule has 0 aromatic heterocycles. The molecule has 0 atom stereocenters. The predicted octanol–water partition coefficient (Wildman–Crippen LogP) is 2.90. The van der Waals surface area contributed by atoms with E-state index in [1.807, 2.05) is 38.1 Å². The molecule has 0 spiro atoms. The molecule has 1 aliphatic rings. The van der Waals surface area contributed by atoms with Crippen molar-refractivity contribution in [1.29, 1.82) is 0 Å². The van der Waals surface area contributed by atoms with Gasteiger partial charge < -0.3 is 19.5 Å². The van der Waals surface area contributed by atoms with Crippen LogP contribution in [-0.2, 0) is 14.3 Å². The van der Waals surface area contributed by atoms with Gasteiger partial charge in [-0.3, -0.25) is 14.5 Å². The van der Waals surface area contributed by atoms with E-state index in [0.29, 0.717) is 38.3 Å². The fraction of sp³-hybridized carbons (Fsp3) is 0.667. The lowest BCUT2D eigenvalue weighted by Gasteiger charge is -2.39. The topological polar surface area (TPSA) is 79.3 Å². The summed E-state index contributed by atoms with van der Waals surface area (Å²) in [6.07, 6.45) is 2.69. The van der Waals surface area contributed by atoms with Gasteiger partial charge >= 0.3 is 5.97 Å². The van der Waals surface area contributed by atoms with Crippen LogP contribution >= 0.6 is 0 Å². The van der Waals surface area contributed by atoms with E-state index in [0.717, 1.165) is 44.6 Å². The van der Waals surface area contributed by atoms with Crippen LogP contribution in [0.5, 0.6) is 0 Å². The minimum absolute atomic E-state index is 0.110. The number of hydrogen-bond acceptors (Lipinski definition) is 7. The SMILES string of the molecule is CCN(CCOC(=O)CCCCCO)c1ccc(C(=O)C(C)(C)N2CCOCC2)cc1. The van der Waals surface area contributed by atoms with Crippen LogP contribution in [-0.4, -0.2) is 79.9 Å². The van der Waals surface area contributed by atoms with Crippen LogP contribution in [0.15, 0.2) is 24.3 Å². The lowest BCUT2D eigenvalue weighted by molar-refractivity contribution is -0.143. The molecule has 31 heavy (non-hydrogen) atoms. The number of likely N-dealkylation sites (N-methyl/N-ethyl adjacent to an activating group) is 1. The first-order valence-corrected chi connectivity index (χ1v) is 11.4. The van der Waals surface area contributed by atoms with Crippen LogP contribution in [0.4, 0.5) is 5.69 Å². The molecular weight excluding hydrogens is 396 g/mol. The molecule has 1 fully saturated rings. The molecule has 1 aromatic carbocycles. The number of hydrogen-bond donors (Lipinski definition) is 1. The van der Waals surface area contributed by atoms with Crippen LogP contribution in [0, 0.1) is 0 Å². The van der Waals surface area contributed by atoms with Crippen molar-refractivity contribution in [3.63, 3.8) is 0 Å². The van der Waals surface area contributed by atoms with Gasteiger partial charge in [-0.15, -0.1) is 0 Å². The average molecular weight is 435 g/mol. The highest BCUT2D eigenvalue weighted by molar-refractivity contribution is 6.02. The van der Waals surface area contributed by atoms with Crippen LogP contribution in [0.25, 0.3) is 0 Å². The maximum absolute atomic E-state index is 13.1. The largest absolute Gasteiger partial charge is 0.464 e. The maximum atomic E-state index is 13.1. The van der Waals surface area contributed by atoms with Crippen molar-refractivity contribution in [1.82, 2.24) is 4.90 Å². The van der Waals surface area contributed by atoms with Crippen molar-refractivity contribution in [2.24, 2.45) is 0 Å². The quantitative estimate of drug-likeness (QED) is 0.290. The van der Waals surface area contributed by atoms with Crippen LogP contribution in [0.2, 0.25) is 0 Å². The number of aliphatic hydroxyl groups excluding tert-OH is 1. The highest BCUT2D eigenvalue weighted by Crippen LogP contribution is 2.24. The second kappa shape index (κ2) is 12.8. The Morgan fingerprint density at radius 2 is 1.81 bits per heavy atom. The highest BCUT2D eigenvalue weighted by Gasteiger charge is 2.35. The number of anilines is 1. The number of morpholine rings is 1. The second-order valence-corrected chi connectivity index (χ2v) is 8.37. The van der Waals surface area contributed by atoms with Gasteiger partial charge in [0.15, 0.2) is 5.78 Å². The zero-order valence-electron chi connectivity index (χ0n) is 19.3. The zero-order chi connectivity index (χ0) is 22.7. The molecule has 1 saturated heterocycles. The molecule has 0 amide bonds. The van der Waals surface area contributed by atoms with E-state index in [9.17, 15) is 9.59 Å². The van der Waals surface area contributed by atoms with Gasteiger partial charge in [0, 0.05) is 43.9 Å². The minimum Gasteiger partial charge on any atom is -0.464 e.